The zero-order valence-electron chi connectivity index (χ0n) is 11.5. The Balaban J connectivity index is 3.31. The van der Waals surface area contributed by atoms with Gasteiger partial charge in [-0.25, -0.2) is 4.85 Å². The average Bonchev–Trinajstić information content (AvgIpc) is 2.34. The number of benzene rings is 1. The Bertz CT molecular complexity index is 595. The lowest BCUT2D eigenvalue weighted by Gasteiger charge is -2.27. The van der Waals surface area contributed by atoms with Gasteiger partial charge in [0, 0.05) is 12.2 Å². The summed E-state index contributed by atoms with van der Waals surface area (Å²) in [6, 6.07) is 2.49. The lowest BCUT2D eigenvalue weighted by Crippen LogP contribution is -2.35. The first kappa shape index (κ1) is 17.9. The predicted molar refractivity (Wildman–Crippen MR) is 70.8 cm³/mol. The molecule has 1 rings (SSSR count). The Morgan fingerprint density at radius 1 is 1.23 bits per heavy atom. The normalized spacial score (nSPS) is 11.9. The quantitative estimate of drug-likeness (QED) is 0.420. The maximum absolute atomic E-state index is 12.9. The lowest BCUT2D eigenvalue weighted by atomic mass is 10.1. The third-order valence-electron chi connectivity index (χ3n) is 2.60. The van der Waals surface area contributed by atoms with Crippen LogP contribution in [0.2, 0.25) is 0 Å². The van der Waals surface area contributed by atoms with Gasteiger partial charge >= 0.3 is 12.4 Å². The van der Waals surface area contributed by atoms with Crippen LogP contribution in [0, 0.1) is 6.57 Å². The van der Waals surface area contributed by atoms with Crippen LogP contribution in [-0.4, -0.2) is 19.3 Å². The summed E-state index contributed by atoms with van der Waals surface area (Å²) in [5, 5.41) is 0. The van der Waals surface area contributed by atoms with E-state index >= 15 is 0 Å². The van der Waals surface area contributed by atoms with Gasteiger partial charge in [0.25, 0.3) is 0 Å². The van der Waals surface area contributed by atoms with E-state index in [2.05, 4.69) is 11.4 Å². The summed E-state index contributed by atoms with van der Waals surface area (Å²) in [6.07, 6.45) is -9.39. The molecule has 0 saturated carbocycles. The van der Waals surface area contributed by atoms with Gasteiger partial charge in [0.1, 0.15) is 6.54 Å². The van der Waals surface area contributed by atoms with E-state index in [1.807, 2.05) is 0 Å². The highest BCUT2D eigenvalue weighted by molar-refractivity contribution is 5.62. The van der Waals surface area contributed by atoms with Crippen molar-refractivity contribution >= 4 is 11.4 Å². The van der Waals surface area contributed by atoms with Crippen molar-refractivity contribution in [2.75, 3.05) is 18.0 Å². The third kappa shape index (κ3) is 4.98. The van der Waals surface area contributed by atoms with Crippen LogP contribution in [0.15, 0.2) is 30.4 Å². The van der Waals surface area contributed by atoms with Crippen molar-refractivity contribution in [3.63, 3.8) is 0 Å². The van der Waals surface area contributed by atoms with Crippen molar-refractivity contribution in [3.8, 4) is 0 Å². The highest BCUT2D eigenvalue weighted by Crippen LogP contribution is 2.39. The smallest absolute Gasteiger partial charge is 0.359 e. The molecule has 8 heteroatoms. The van der Waals surface area contributed by atoms with E-state index in [9.17, 15) is 26.3 Å². The van der Waals surface area contributed by atoms with Crippen LogP contribution in [-0.2, 0) is 6.18 Å². The third-order valence-corrected chi connectivity index (χ3v) is 2.60. The van der Waals surface area contributed by atoms with Crippen LogP contribution in [0.3, 0.4) is 0 Å². The Labute approximate surface area is 123 Å². The van der Waals surface area contributed by atoms with Crippen molar-refractivity contribution in [2.45, 2.75) is 19.3 Å². The van der Waals surface area contributed by atoms with Crippen molar-refractivity contribution < 1.29 is 26.3 Å². The van der Waals surface area contributed by atoms with Crippen LogP contribution < -0.4 is 4.90 Å². The van der Waals surface area contributed by atoms with Crippen LogP contribution >= 0.6 is 0 Å². The van der Waals surface area contributed by atoms with E-state index in [1.54, 1.807) is 0 Å². The topological polar surface area (TPSA) is 7.60 Å². The molecule has 0 amide bonds. The van der Waals surface area contributed by atoms with E-state index in [4.69, 9.17) is 6.57 Å². The monoisotopic (exact) mass is 322 g/mol. The van der Waals surface area contributed by atoms with Gasteiger partial charge in [0.2, 0.25) is 0 Å². The minimum absolute atomic E-state index is 0.242. The molecular weight excluding hydrogens is 310 g/mol. The summed E-state index contributed by atoms with van der Waals surface area (Å²) in [5.74, 6) is 0. The molecule has 0 spiro atoms. The number of rotatable bonds is 4. The second kappa shape index (κ2) is 6.30. The van der Waals surface area contributed by atoms with Crippen LogP contribution in [0.4, 0.5) is 37.7 Å². The van der Waals surface area contributed by atoms with E-state index in [0.717, 1.165) is 17.0 Å². The summed E-state index contributed by atoms with van der Waals surface area (Å²) in [4.78, 5) is 3.49. The first-order valence-electron chi connectivity index (χ1n) is 5.99. The zero-order chi connectivity index (χ0) is 17.1. The molecule has 0 heterocycles. The van der Waals surface area contributed by atoms with E-state index in [0.29, 0.717) is 11.6 Å². The molecule has 0 fully saturated rings. The zero-order valence-corrected chi connectivity index (χ0v) is 11.5. The molecule has 0 aromatic heterocycles. The van der Waals surface area contributed by atoms with Crippen LogP contribution in [0.5, 0.6) is 0 Å². The molecule has 1 aromatic rings. The van der Waals surface area contributed by atoms with Crippen LogP contribution in [0.1, 0.15) is 12.5 Å². The summed E-state index contributed by atoms with van der Waals surface area (Å²) in [6.45, 7) is 10.0. The second-order valence-electron chi connectivity index (χ2n) is 4.74. The van der Waals surface area contributed by atoms with Crippen molar-refractivity contribution in [3.05, 3.63) is 47.3 Å². The van der Waals surface area contributed by atoms with Gasteiger partial charge in [-0.3, -0.25) is 0 Å². The maximum Gasteiger partial charge on any atom is 0.407 e. The molecular formula is C14H12F6N2. The molecule has 0 saturated heterocycles. The molecule has 0 aliphatic carbocycles. The Hall–Kier alpha value is -2.17. The summed E-state index contributed by atoms with van der Waals surface area (Å²) in [5.41, 5.74) is -1.81. The second-order valence-corrected chi connectivity index (χ2v) is 4.74. The van der Waals surface area contributed by atoms with Gasteiger partial charge in [-0.2, -0.15) is 26.3 Å². The fourth-order valence-corrected chi connectivity index (χ4v) is 1.83. The highest BCUT2D eigenvalue weighted by atomic mass is 19.4. The first-order chi connectivity index (χ1) is 9.94. The Morgan fingerprint density at radius 2 is 1.82 bits per heavy atom. The molecule has 0 radical (unpaired) electrons. The van der Waals surface area contributed by atoms with Gasteiger partial charge in [-0.05, 0) is 19.1 Å². The standard InChI is InChI=1S/C14H12F6N2/c1-9(2)7-22(8-13(15,16)17)10-4-5-12(21-3)11(6-10)14(18,19)20/h4-6H,1,7-8H2,2H3. The number of anilines is 1. The molecule has 0 unspecified atom stereocenters. The summed E-state index contributed by atoms with van der Waals surface area (Å²) in [7, 11) is 0. The predicted octanol–water partition coefficient (Wildman–Crippen LogP) is 5.20. The van der Waals surface area contributed by atoms with Crippen LogP contribution in [0.25, 0.3) is 4.85 Å². The molecule has 0 bridgehead atoms. The Morgan fingerprint density at radius 3 is 2.23 bits per heavy atom. The SMILES string of the molecule is [C-]#[N+]c1ccc(N(CC(=C)C)CC(F)(F)F)cc1C(F)(F)F. The van der Waals surface area contributed by atoms with Crippen molar-refractivity contribution in [2.24, 2.45) is 0 Å². The van der Waals surface area contributed by atoms with Gasteiger partial charge in [0.05, 0.1) is 12.1 Å². The van der Waals surface area contributed by atoms with Crippen molar-refractivity contribution in [1.82, 2.24) is 0 Å². The molecule has 2 nitrogen and oxygen atoms in total. The minimum atomic E-state index is -4.82. The minimum Gasteiger partial charge on any atom is -0.359 e. The van der Waals surface area contributed by atoms with Crippen molar-refractivity contribution in [1.29, 1.82) is 0 Å². The largest absolute Gasteiger partial charge is 0.407 e. The van der Waals surface area contributed by atoms with Gasteiger partial charge < -0.3 is 4.90 Å². The van der Waals surface area contributed by atoms with Gasteiger partial charge in [-0.1, -0.05) is 18.2 Å². The average molecular weight is 322 g/mol. The molecule has 1 aromatic carbocycles. The van der Waals surface area contributed by atoms with Gasteiger partial charge in [0.15, 0.2) is 5.69 Å². The van der Waals surface area contributed by atoms with E-state index < -0.39 is 30.1 Å². The summed E-state index contributed by atoms with van der Waals surface area (Å²) >= 11 is 0. The fourth-order valence-electron chi connectivity index (χ4n) is 1.83. The van der Waals surface area contributed by atoms with E-state index in [1.165, 1.54) is 6.92 Å². The highest BCUT2D eigenvalue weighted by Gasteiger charge is 2.35. The number of alkyl halides is 6. The lowest BCUT2D eigenvalue weighted by molar-refractivity contribution is -0.136. The maximum atomic E-state index is 12.9. The molecule has 0 aliphatic rings. The Kier molecular flexibility index (Phi) is 5.12. The number of nitrogens with zero attached hydrogens (tertiary/aromatic N) is 2. The fraction of sp³-hybridized carbons (Fsp3) is 0.357. The first-order valence-corrected chi connectivity index (χ1v) is 5.99. The molecule has 0 aliphatic heterocycles. The number of hydrogen-bond acceptors (Lipinski definition) is 1. The van der Waals surface area contributed by atoms with Gasteiger partial charge in [-0.15, -0.1) is 0 Å². The molecule has 0 atom stereocenters. The number of halogens is 6. The molecule has 0 N–H and O–H groups in total. The molecule has 120 valence electrons. The van der Waals surface area contributed by atoms with E-state index in [-0.39, 0.29) is 12.2 Å². The molecule has 22 heavy (non-hydrogen) atoms. The summed E-state index contributed by atoms with van der Waals surface area (Å²) < 4.78 is 76.4. The number of hydrogen-bond donors (Lipinski definition) is 0.